The lowest BCUT2D eigenvalue weighted by molar-refractivity contribution is -0.145. The van der Waals surface area contributed by atoms with Crippen LogP contribution in [0.25, 0.3) is 0 Å². The Morgan fingerprint density at radius 3 is 2.04 bits per heavy atom. The quantitative estimate of drug-likeness (QED) is 0.581. The number of benzene rings is 1. The van der Waals surface area contributed by atoms with Gasteiger partial charge < -0.3 is 4.74 Å². The Morgan fingerprint density at radius 2 is 1.57 bits per heavy atom. The Kier molecular flexibility index (Phi) is 4.10. The SMILES string of the molecule is CC#Cc1cc(C)c(C2C(=O)N3CCOCCN3C2=O)c(C)c1. The van der Waals surface area contributed by atoms with E-state index in [9.17, 15) is 9.59 Å². The fourth-order valence-corrected chi connectivity index (χ4v) is 3.40. The van der Waals surface area contributed by atoms with Gasteiger partial charge in [-0.25, -0.2) is 10.0 Å². The average molecular weight is 312 g/mol. The van der Waals surface area contributed by atoms with Gasteiger partial charge in [0.2, 0.25) is 0 Å². The molecule has 2 heterocycles. The highest BCUT2D eigenvalue weighted by Gasteiger charge is 2.47. The molecular weight excluding hydrogens is 292 g/mol. The molecule has 2 amide bonds. The fraction of sp³-hybridized carbons (Fsp3) is 0.444. The van der Waals surface area contributed by atoms with Crippen molar-refractivity contribution in [3.8, 4) is 11.8 Å². The summed E-state index contributed by atoms with van der Waals surface area (Å²) in [5, 5.41) is 3.08. The molecule has 2 fully saturated rings. The third kappa shape index (κ3) is 2.60. The van der Waals surface area contributed by atoms with E-state index < -0.39 is 5.92 Å². The van der Waals surface area contributed by atoms with Crippen LogP contribution in [0.15, 0.2) is 12.1 Å². The first-order valence-electron chi connectivity index (χ1n) is 7.79. The molecule has 0 spiro atoms. The first-order chi connectivity index (χ1) is 11.0. The molecule has 3 rings (SSSR count). The Hall–Kier alpha value is -2.32. The average Bonchev–Trinajstić information content (AvgIpc) is 2.70. The molecule has 0 N–H and O–H groups in total. The Morgan fingerprint density at radius 1 is 1.04 bits per heavy atom. The lowest BCUT2D eigenvalue weighted by Crippen LogP contribution is -2.41. The largest absolute Gasteiger partial charge is 0.378 e. The van der Waals surface area contributed by atoms with Crippen molar-refractivity contribution in [3.05, 3.63) is 34.4 Å². The summed E-state index contributed by atoms with van der Waals surface area (Å²) in [6.07, 6.45) is 0. The van der Waals surface area contributed by atoms with Gasteiger partial charge in [-0.1, -0.05) is 5.92 Å². The molecule has 120 valence electrons. The van der Waals surface area contributed by atoms with Crippen LogP contribution in [-0.4, -0.2) is 48.1 Å². The number of ether oxygens (including phenoxy) is 1. The maximum Gasteiger partial charge on any atom is 0.258 e. The maximum atomic E-state index is 12.8. The lowest BCUT2D eigenvalue weighted by atomic mass is 9.88. The molecule has 0 unspecified atom stereocenters. The van der Waals surface area contributed by atoms with E-state index in [1.807, 2.05) is 26.0 Å². The van der Waals surface area contributed by atoms with Gasteiger partial charge in [0.05, 0.1) is 26.3 Å². The molecule has 2 saturated heterocycles. The summed E-state index contributed by atoms with van der Waals surface area (Å²) in [5.41, 5.74) is 3.59. The molecule has 1 aromatic carbocycles. The highest BCUT2D eigenvalue weighted by atomic mass is 16.5. The minimum absolute atomic E-state index is 0.152. The van der Waals surface area contributed by atoms with E-state index >= 15 is 0 Å². The van der Waals surface area contributed by atoms with E-state index in [0.717, 1.165) is 22.3 Å². The van der Waals surface area contributed by atoms with Crippen LogP contribution in [0, 0.1) is 25.7 Å². The second-order valence-corrected chi connectivity index (χ2v) is 5.87. The number of carbonyl (C=O) groups is 2. The van der Waals surface area contributed by atoms with Crippen molar-refractivity contribution in [1.82, 2.24) is 10.0 Å². The monoisotopic (exact) mass is 312 g/mol. The van der Waals surface area contributed by atoms with E-state index in [2.05, 4.69) is 11.8 Å². The van der Waals surface area contributed by atoms with Crippen molar-refractivity contribution >= 4 is 11.8 Å². The van der Waals surface area contributed by atoms with Crippen LogP contribution in [-0.2, 0) is 14.3 Å². The topological polar surface area (TPSA) is 49.9 Å². The van der Waals surface area contributed by atoms with Crippen molar-refractivity contribution in [3.63, 3.8) is 0 Å². The highest BCUT2D eigenvalue weighted by Crippen LogP contribution is 2.34. The summed E-state index contributed by atoms with van der Waals surface area (Å²) in [6.45, 7) is 7.45. The summed E-state index contributed by atoms with van der Waals surface area (Å²) in [4.78, 5) is 25.6. The van der Waals surface area contributed by atoms with Gasteiger partial charge in [0, 0.05) is 5.56 Å². The Balaban J connectivity index is 2.03. The molecule has 23 heavy (non-hydrogen) atoms. The highest BCUT2D eigenvalue weighted by molar-refractivity contribution is 6.10. The van der Waals surface area contributed by atoms with Gasteiger partial charge >= 0.3 is 0 Å². The number of amides is 2. The van der Waals surface area contributed by atoms with Gasteiger partial charge in [0.1, 0.15) is 5.92 Å². The second kappa shape index (κ2) is 6.05. The molecule has 0 atom stereocenters. The van der Waals surface area contributed by atoms with E-state index in [1.165, 1.54) is 0 Å². The van der Waals surface area contributed by atoms with Gasteiger partial charge in [0.15, 0.2) is 0 Å². The molecule has 0 saturated carbocycles. The predicted molar refractivity (Wildman–Crippen MR) is 85.5 cm³/mol. The van der Waals surface area contributed by atoms with Crippen molar-refractivity contribution in [2.45, 2.75) is 26.7 Å². The van der Waals surface area contributed by atoms with E-state index in [1.54, 1.807) is 16.9 Å². The van der Waals surface area contributed by atoms with Gasteiger partial charge in [-0.05, 0) is 49.6 Å². The summed E-state index contributed by atoms with van der Waals surface area (Å²) in [7, 11) is 0. The van der Waals surface area contributed by atoms with Gasteiger partial charge in [-0.15, -0.1) is 5.92 Å². The first kappa shape index (κ1) is 15.6. The van der Waals surface area contributed by atoms with E-state index in [4.69, 9.17) is 4.74 Å². The van der Waals surface area contributed by atoms with Crippen LogP contribution >= 0.6 is 0 Å². The zero-order valence-corrected chi connectivity index (χ0v) is 13.7. The fourth-order valence-electron chi connectivity index (χ4n) is 3.40. The Labute approximate surface area is 136 Å². The minimum Gasteiger partial charge on any atom is -0.378 e. The zero-order chi connectivity index (χ0) is 16.6. The number of aryl methyl sites for hydroxylation is 2. The van der Waals surface area contributed by atoms with Crippen molar-refractivity contribution < 1.29 is 14.3 Å². The summed E-state index contributed by atoms with van der Waals surface area (Å²) < 4.78 is 5.36. The number of hydrogen-bond donors (Lipinski definition) is 0. The summed E-state index contributed by atoms with van der Waals surface area (Å²) in [6, 6.07) is 3.89. The molecule has 5 heteroatoms. The first-order valence-corrected chi connectivity index (χ1v) is 7.79. The maximum absolute atomic E-state index is 12.8. The molecule has 0 aromatic heterocycles. The number of hydrogen-bond acceptors (Lipinski definition) is 3. The van der Waals surface area contributed by atoms with Crippen molar-refractivity contribution in [2.24, 2.45) is 0 Å². The molecule has 2 aliphatic rings. The lowest BCUT2D eigenvalue weighted by Gasteiger charge is -2.23. The molecule has 5 nitrogen and oxygen atoms in total. The van der Waals surface area contributed by atoms with Gasteiger partial charge in [-0.2, -0.15) is 0 Å². The molecule has 0 radical (unpaired) electrons. The van der Waals surface area contributed by atoms with Gasteiger partial charge in [-0.3, -0.25) is 9.59 Å². The summed E-state index contributed by atoms with van der Waals surface area (Å²) >= 11 is 0. The minimum atomic E-state index is -0.739. The zero-order valence-electron chi connectivity index (χ0n) is 13.7. The molecule has 0 aliphatic carbocycles. The smallest absolute Gasteiger partial charge is 0.258 e. The van der Waals surface area contributed by atoms with Crippen LogP contribution in [0.3, 0.4) is 0 Å². The number of fused-ring (bicyclic) bond motifs is 1. The van der Waals surface area contributed by atoms with Crippen LogP contribution in [0.4, 0.5) is 0 Å². The van der Waals surface area contributed by atoms with E-state index in [0.29, 0.717) is 26.3 Å². The number of carbonyl (C=O) groups excluding carboxylic acids is 2. The van der Waals surface area contributed by atoms with Crippen molar-refractivity contribution in [2.75, 3.05) is 26.3 Å². The van der Waals surface area contributed by atoms with Crippen LogP contribution in [0.5, 0.6) is 0 Å². The molecule has 2 aliphatic heterocycles. The van der Waals surface area contributed by atoms with Crippen LogP contribution in [0.1, 0.15) is 35.1 Å². The third-order valence-corrected chi connectivity index (χ3v) is 4.34. The van der Waals surface area contributed by atoms with Gasteiger partial charge in [0.25, 0.3) is 11.8 Å². The standard InChI is InChI=1S/C18H20N2O3/c1-4-5-14-10-12(2)15(13(3)11-14)16-17(21)19-6-8-23-9-7-20(19)18(16)22/h10-11,16H,6-9H2,1-3H3. The predicted octanol–water partition coefficient (Wildman–Crippen LogP) is 1.37. The number of nitrogens with zero attached hydrogens (tertiary/aromatic N) is 2. The number of hydrazine groups is 1. The normalized spacial score (nSPS) is 18.6. The molecule has 0 bridgehead atoms. The van der Waals surface area contributed by atoms with E-state index in [-0.39, 0.29) is 11.8 Å². The third-order valence-electron chi connectivity index (χ3n) is 4.34. The second-order valence-electron chi connectivity index (χ2n) is 5.87. The van der Waals surface area contributed by atoms with Crippen molar-refractivity contribution in [1.29, 1.82) is 0 Å². The summed E-state index contributed by atoms with van der Waals surface area (Å²) in [5.74, 6) is 4.87. The van der Waals surface area contributed by atoms with Crippen LogP contribution in [0.2, 0.25) is 0 Å². The molecular formula is C18H20N2O3. The Bertz CT molecular complexity index is 683. The van der Waals surface area contributed by atoms with Crippen LogP contribution < -0.4 is 0 Å². The molecule has 1 aromatic rings. The number of rotatable bonds is 1.